The highest BCUT2D eigenvalue weighted by Crippen LogP contribution is 2.36. The zero-order valence-corrected chi connectivity index (χ0v) is 51.2. The molecule has 1 aliphatic rings. The van der Waals surface area contributed by atoms with Crippen molar-refractivity contribution in [2.24, 2.45) is 5.41 Å². The monoisotopic (exact) mass is 957 g/mol. The minimum atomic E-state index is 0.129. The fraction of sp³-hybridized carbons (Fsp3) is 0.621. The van der Waals surface area contributed by atoms with Gasteiger partial charge in [0, 0.05) is 64.0 Å². The molecule has 0 bridgehead atoms. The molecule has 0 spiro atoms. The van der Waals surface area contributed by atoms with Crippen molar-refractivity contribution in [1.82, 2.24) is 19.9 Å². The van der Waals surface area contributed by atoms with Crippen LogP contribution in [0.5, 0.6) is 0 Å². The number of aromatic nitrogens is 3. The lowest BCUT2D eigenvalue weighted by Crippen LogP contribution is -2.40. The van der Waals surface area contributed by atoms with Crippen molar-refractivity contribution in [3.63, 3.8) is 0 Å². The van der Waals surface area contributed by atoms with Crippen LogP contribution >= 0.6 is 0 Å². The Hall–Kier alpha value is -4.05. The number of pyridine rings is 3. The van der Waals surface area contributed by atoms with E-state index in [4.69, 9.17) is 4.98 Å². The molecule has 1 aliphatic heterocycles. The Morgan fingerprint density at radius 3 is 1.10 bits per heavy atom. The average molecular weight is 958 g/mol. The Morgan fingerprint density at radius 1 is 0.371 bits per heavy atom. The van der Waals surface area contributed by atoms with Crippen LogP contribution in [0.4, 0.5) is 0 Å². The zero-order chi connectivity index (χ0) is 54.9. The van der Waals surface area contributed by atoms with Gasteiger partial charge in [0.1, 0.15) is 0 Å². The molecule has 0 saturated carbocycles. The Labute approximate surface area is 434 Å². The number of benzene rings is 1. The van der Waals surface area contributed by atoms with E-state index in [1.807, 2.05) is 24.7 Å². The minimum absolute atomic E-state index is 0.129. The first-order valence-electron chi connectivity index (χ1n) is 26.2. The van der Waals surface area contributed by atoms with E-state index in [-0.39, 0.29) is 54.3 Å². The summed E-state index contributed by atoms with van der Waals surface area (Å²) < 4.78 is 0. The molecule has 0 saturated heterocycles. The molecule has 392 valence electrons. The van der Waals surface area contributed by atoms with Crippen molar-refractivity contribution >= 4 is 0 Å². The van der Waals surface area contributed by atoms with Crippen LogP contribution in [-0.2, 0) is 43.3 Å². The maximum absolute atomic E-state index is 4.72. The summed E-state index contributed by atoms with van der Waals surface area (Å²) in [5.74, 6) is 0. The molecule has 1 aromatic carbocycles. The average Bonchev–Trinajstić information content (AvgIpc) is 3.19. The first kappa shape index (κ1) is 64.0. The van der Waals surface area contributed by atoms with Crippen molar-refractivity contribution in [2.75, 3.05) is 6.54 Å². The molecular formula is C66H108N4. The Morgan fingerprint density at radius 2 is 0.771 bits per heavy atom. The number of nitrogens with zero attached hydrogens (tertiary/aromatic N) is 4. The van der Waals surface area contributed by atoms with Gasteiger partial charge in [-0.2, -0.15) is 0 Å². The van der Waals surface area contributed by atoms with Gasteiger partial charge in [0.25, 0.3) is 0 Å². The summed E-state index contributed by atoms with van der Waals surface area (Å²) in [4.78, 5) is 15.9. The van der Waals surface area contributed by atoms with Crippen molar-refractivity contribution in [3.05, 3.63) is 148 Å². The third kappa shape index (κ3) is 21.3. The number of allylic oxidation sites excluding steroid dienone is 2. The van der Waals surface area contributed by atoms with E-state index < -0.39 is 0 Å². The molecular weight excluding hydrogens is 849 g/mol. The van der Waals surface area contributed by atoms with Crippen LogP contribution in [0.1, 0.15) is 253 Å². The van der Waals surface area contributed by atoms with Gasteiger partial charge < -0.3 is 4.90 Å². The molecule has 4 nitrogen and oxygen atoms in total. The Balaban J connectivity index is 0.000000437. The minimum Gasteiger partial charge on any atom is -0.369 e. The molecule has 4 heterocycles. The van der Waals surface area contributed by atoms with E-state index in [1.54, 1.807) is 0 Å². The molecule has 5 rings (SSSR count). The van der Waals surface area contributed by atoms with Gasteiger partial charge in [0.15, 0.2) is 0 Å². The normalized spacial score (nSPS) is 14.1. The van der Waals surface area contributed by atoms with E-state index in [9.17, 15) is 0 Å². The van der Waals surface area contributed by atoms with Crippen LogP contribution < -0.4 is 0 Å². The van der Waals surface area contributed by atoms with Crippen LogP contribution in [-0.4, -0.2) is 31.9 Å². The Bertz CT molecular complexity index is 1980. The van der Waals surface area contributed by atoms with Crippen LogP contribution in [0.15, 0.2) is 103 Å². The van der Waals surface area contributed by atoms with Gasteiger partial charge in [-0.3, -0.25) is 15.0 Å². The van der Waals surface area contributed by atoms with Crippen molar-refractivity contribution in [1.29, 1.82) is 0 Å². The summed E-state index contributed by atoms with van der Waals surface area (Å²) in [7, 11) is 0. The third-order valence-corrected chi connectivity index (χ3v) is 12.3. The Kier molecular flexibility index (Phi) is 21.6. The summed E-state index contributed by atoms with van der Waals surface area (Å²) in [6.45, 7) is 68.3. The summed E-state index contributed by atoms with van der Waals surface area (Å²) >= 11 is 0. The summed E-state index contributed by atoms with van der Waals surface area (Å²) in [6.07, 6.45) is 12.4. The maximum atomic E-state index is 4.72. The topological polar surface area (TPSA) is 41.9 Å². The second kappa shape index (κ2) is 23.7. The maximum Gasteiger partial charge on any atom is 0.0494 e. The molecule has 0 fully saturated rings. The quantitative estimate of drug-likeness (QED) is 0.176. The summed E-state index contributed by atoms with van der Waals surface area (Å²) in [5, 5.41) is 0. The second-order valence-electron chi connectivity index (χ2n) is 29.9. The van der Waals surface area contributed by atoms with Crippen molar-refractivity contribution in [3.8, 4) is 0 Å². The summed E-state index contributed by atoms with van der Waals surface area (Å²) in [6, 6.07) is 21.4. The molecule has 0 unspecified atom stereocenters. The van der Waals surface area contributed by atoms with Crippen LogP contribution in [0.3, 0.4) is 0 Å². The van der Waals surface area contributed by atoms with E-state index in [1.165, 1.54) is 50.5 Å². The molecule has 4 aromatic rings. The lowest BCUT2D eigenvalue weighted by Gasteiger charge is -2.39. The number of rotatable bonds is 0. The molecule has 0 atom stereocenters. The third-order valence-electron chi connectivity index (χ3n) is 12.3. The molecule has 4 heteroatoms. The zero-order valence-electron chi connectivity index (χ0n) is 51.2. The van der Waals surface area contributed by atoms with Crippen LogP contribution in [0.25, 0.3) is 0 Å². The predicted octanol–water partition coefficient (Wildman–Crippen LogP) is 18.9. The molecule has 0 aliphatic carbocycles. The predicted molar refractivity (Wildman–Crippen MR) is 312 cm³/mol. The van der Waals surface area contributed by atoms with E-state index >= 15 is 0 Å². The lowest BCUT2D eigenvalue weighted by atomic mass is 9.75. The SMILES string of the molecule is CC(C)(C)C1=CC=CN(C(C)(C)C)C1.CC(C)(C)c1cccc(C(C)(C)C)n1.CC(C)(C)c1ccccc1C(C)(C)C.CC(C)(C)c1cccnc1C(C)(C)C.CC(C)(C)c1ccncc1C(C)(C)C. The second-order valence-corrected chi connectivity index (χ2v) is 29.9. The molecule has 0 amide bonds. The highest BCUT2D eigenvalue weighted by Gasteiger charge is 2.28. The summed E-state index contributed by atoms with van der Waals surface area (Å²) in [5.41, 5.74) is 14.1. The molecule has 70 heavy (non-hydrogen) atoms. The largest absolute Gasteiger partial charge is 0.369 e. The van der Waals surface area contributed by atoms with Crippen LogP contribution in [0.2, 0.25) is 0 Å². The van der Waals surface area contributed by atoms with Crippen molar-refractivity contribution in [2.45, 2.75) is 257 Å². The fourth-order valence-corrected chi connectivity index (χ4v) is 7.82. The first-order valence-corrected chi connectivity index (χ1v) is 26.2. The van der Waals surface area contributed by atoms with E-state index in [2.05, 4.69) is 296 Å². The van der Waals surface area contributed by atoms with Gasteiger partial charge in [-0.25, -0.2) is 0 Å². The highest BCUT2D eigenvalue weighted by atomic mass is 15.2. The molecule has 0 N–H and O–H groups in total. The van der Waals surface area contributed by atoms with Crippen molar-refractivity contribution < 1.29 is 0 Å². The van der Waals surface area contributed by atoms with Gasteiger partial charge in [-0.05, 0) is 123 Å². The van der Waals surface area contributed by atoms with Crippen LogP contribution in [0, 0.1) is 5.41 Å². The number of hydrogen-bond donors (Lipinski definition) is 0. The van der Waals surface area contributed by atoms with E-state index in [0.29, 0.717) is 0 Å². The highest BCUT2D eigenvalue weighted by molar-refractivity contribution is 5.38. The smallest absolute Gasteiger partial charge is 0.0494 e. The van der Waals surface area contributed by atoms with Gasteiger partial charge in [0.2, 0.25) is 0 Å². The van der Waals surface area contributed by atoms with E-state index in [0.717, 1.165) is 6.54 Å². The molecule has 0 radical (unpaired) electrons. The first-order chi connectivity index (χ1) is 31.1. The lowest BCUT2D eigenvalue weighted by molar-refractivity contribution is 0.208. The van der Waals surface area contributed by atoms with Gasteiger partial charge >= 0.3 is 0 Å². The number of hydrogen-bond acceptors (Lipinski definition) is 4. The molecule has 3 aromatic heterocycles. The standard InChI is InChI=1S/C14H22.C13H21N.C13H23N.2C13H21N/c1-13(2,3)11-9-7-8-10-12(11)14(4,5)6;1-12(2,3)10-7-8-14-9-11(10)13(4,5)6;1-12(2,3)11-8-7-9-14(10-11)13(4,5)6;1-12(2,3)10-8-7-9-14-11(10)13(4,5)6;1-12(2,3)10-8-7-9-11(14-10)13(4,5)6/h7-10H,1-6H3;7-9H,1-6H3;7-9H,10H2,1-6H3;2*7-9H,1-6H3. The van der Waals surface area contributed by atoms with Gasteiger partial charge in [0.05, 0.1) is 0 Å². The van der Waals surface area contributed by atoms with Gasteiger partial charge in [-0.1, -0.05) is 229 Å². The van der Waals surface area contributed by atoms with Gasteiger partial charge in [-0.15, -0.1) is 0 Å². The fourth-order valence-electron chi connectivity index (χ4n) is 7.82.